The lowest BCUT2D eigenvalue weighted by Crippen LogP contribution is -2.25. The van der Waals surface area contributed by atoms with Crippen LogP contribution in [0.1, 0.15) is 22.2 Å². The van der Waals surface area contributed by atoms with E-state index in [1.807, 2.05) is 0 Å². The molecule has 6 nitrogen and oxygen atoms in total. The van der Waals surface area contributed by atoms with Crippen LogP contribution >= 0.6 is 11.6 Å². The van der Waals surface area contributed by atoms with Crippen molar-refractivity contribution in [1.29, 1.82) is 0 Å². The number of nitrogens with one attached hydrogen (secondary N) is 1. The Labute approximate surface area is 160 Å². The van der Waals surface area contributed by atoms with Gasteiger partial charge < -0.3 is 19.2 Å². The summed E-state index contributed by atoms with van der Waals surface area (Å²) in [6, 6.07) is 16.5. The van der Waals surface area contributed by atoms with E-state index < -0.39 is 18.0 Å². The van der Waals surface area contributed by atoms with Crippen LogP contribution in [0.3, 0.4) is 0 Å². The molecule has 1 amide bonds. The highest BCUT2D eigenvalue weighted by Gasteiger charge is 2.27. The van der Waals surface area contributed by atoms with Gasteiger partial charge in [-0.25, -0.2) is 4.79 Å². The van der Waals surface area contributed by atoms with E-state index in [-0.39, 0.29) is 5.76 Å². The maximum Gasteiger partial charge on any atom is 0.375 e. The molecular formula is C20H16ClNO5. The predicted molar refractivity (Wildman–Crippen MR) is 99.9 cm³/mol. The van der Waals surface area contributed by atoms with Crippen LogP contribution in [0.25, 0.3) is 0 Å². The molecule has 138 valence electrons. The third-order valence-corrected chi connectivity index (χ3v) is 4.00. The molecule has 3 aromatic rings. The first-order valence-corrected chi connectivity index (χ1v) is 8.40. The Hall–Kier alpha value is -3.25. The first kappa shape index (κ1) is 18.5. The Bertz CT molecular complexity index is 925. The minimum absolute atomic E-state index is 0.0104. The SMILES string of the molecule is COc1ccc(NC(=O)[C@H](OC(=O)c2ccco2)c2ccccc2)cc1Cl. The zero-order valence-corrected chi connectivity index (χ0v) is 15.1. The lowest BCUT2D eigenvalue weighted by atomic mass is 10.1. The maximum absolute atomic E-state index is 12.8. The molecule has 3 rings (SSSR count). The van der Waals surface area contributed by atoms with Gasteiger partial charge in [0.1, 0.15) is 5.75 Å². The zero-order valence-electron chi connectivity index (χ0n) is 14.3. The number of hydrogen-bond donors (Lipinski definition) is 1. The van der Waals surface area contributed by atoms with Crippen molar-refractivity contribution >= 4 is 29.2 Å². The van der Waals surface area contributed by atoms with Crippen LogP contribution in [0.2, 0.25) is 5.02 Å². The molecule has 1 N–H and O–H groups in total. The Kier molecular flexibility index (Phi) is 5.78. The van der Waals surface area contributed by atoms with Crippen LogP contribution in [0, 0.1) is 0 Å². The number of ether oxygens (including phenoxy) is 2. The van der Waals surface area contributed by atoms with Crippen LogP contribution in [0.15, 0.2) is 71.3 Å². The fourth-order valence-corrected chi connectivity index (χ4v) is 2.67. The second-order valence-electron chi connectivity index (χ2n) is 5.51. The first-order valence-electron chi connectivity index (χ1n) is 8.02. The average Bonchev–Trinajstić information content (AvgIpc) is 3.21. The molecule has 0 spiro atoms. The van der Waals surface area contributed by atoms with Gasteiger partial charge in [-0.05, 0) is 30.3 Å². The van der Waals surface area contributed by atoms with Crippen molar-refractivity contribution in [3.8, 4) is 5.75 Å². The normalized spacial score (nSPS) is 11.5. The lowest BCUT2D eigenvalue weighted by molar-refractivity contribution is -0.125. The predicted octanol–water partition coefficient (Wildman–Crippen LogP) is 4.48. The minimum atomic E-state index is -1.16. The number of carbonyl (C=O) groups excluding carboxylic acids is 2. The molecule has 1 heterocycles. The monoisotopic (exact) mass is 385 g/mol. The van der Waals surface area contributed by atoms with Crippen molar-refractivity contribution < 1.29 is 23.5 Å². The molecule has 0 unspecified atom stereocenters. The van der Waals surface area contributed by atoms with Crippen LogP contribution in [0.4, 0.5) is 5.69 Å². The number of hydrogen-bond acceptors (Lipinski definition) is 5. The van der Waals surface area contributed by atoms with Gasteiger partial charge in [0.05, 0.1) is 18.4 Å². The highest BCUT2D eigenvalue weighted by Crippen LogP contribution is 2.28. The Balaban J connectivity index is 1.82. The molecule has 2 aromatic carbocycles. The van der Waals surface area contributed by atoms with Gasteiger partial charge >= 0.3 is 5.97 Å². The smallest absolute Gasteiger partial charge is 0.375 e. The summed E-state index contributed by atoms with van der Waals surface area (Å²) >= 11 is 6.09. The molecule has 0 bridgehead atoms. The molecule has 0 saturated carbocycles. The summed E-state index contributed by atoms with van der Waals surface area (Å²) in [5.74, 6) is -0.770. The van der Waals surface area contributed by atoms with E-state index in [9.17, 15) is 9.59 Å². The summed E-state index contributed by atoms with van der Waals surface area (Å²) in [6.07, 6.45) is 0.192. The van der Waals surface area contributed by atoms with Crippen molar-refractivity contribution in [2.24, 2.45) is 0 Å². The van der Waals surface area contributed by atoms with Gasteiger partial charge in [0.2, 0.25) is 11.9 Å². The Morgan fingerprint density at radius 2 is 1.85 bits per heavy atom. The number of benzene rings is 2. The standard InChI is InChI=1S/C20H16ClNO5/c1-25-16-10-9-14(12-15(16)21)22-19(23)18(13-6-3-2-4-7-13)27-20(24)17-8-5-11-26-17/h2-12,18H,1H3,(H,22,23)/t18-/m1/s1. The summed E-state index contributed by atoms with van der Waals surface area (Å²) in [4.78, 5) is 25.0. The van der Waals surface area contributed by atoms with Crippen molar-refractivity contribution in [2.45, 2.75) is 6.10 Å². The van der Waals surface area contributed by atoms with Crippen LogP contribution in [-0.2, 0) is 9.53 Å². The second-order valence-corrected chi connectivity index (χ2v) is 5.92. The molecule has 1 atom stereocenters. The summed E-state index contributed by atoms with van der Waals surface area (Å²) in [5, 5.41) is 3.04. The highest BCUT2D eigenvalue weighted by molar-refractivity contribution is 6.32. The Morgan fingerprint density at radius 1 is 1.07 bits per heavy atom. The molecule has 1 aromatic heterocycles. The second kappa shape index (κ2) is 8.42. The van der Waals surface area contributed by atoms with E-state index in [1.54, 1.807) is 54.6 Å². The van der Waals surface area contributed by atoms with Crippen molar-refractivity contribution in [3.63, 3.8) is 0 Å². The molecule has 0 fully saturated rings. The minimum Gasteiger partial charge on any atom is -0.495 e. The number of methoxy groups -OCH3 is 1. The molecule has 7 heteroatoms. The van der Waals surface area contributed by atoms with Crippen LogP contribution in [-0.4, -0.2) is 19.0 Å². The molecule has 0 aliphatic carbocycles. The number of furan rings is 1. The number of esters is 1. The maximum atomic E-state index is 12.8. The number of carbonyl (C=O) groups is 2. The topological polar surface area (TPSA) is 77.8 Å². The van der Waals surface area contributed by atoms with Crippen LogP contribution < -0.4 is 10.1 Å². The number of anilines is 1. The van der Waals surface area contributed by atoms with Gasteiger partial charge in [0.25, 0.3) is 5.91 Å². The Morgan fingerprint density at radius 3 is 2.48 bits per heavy atom. The van der Waals surface area contributed by atoms with E-state index in [2.05, 4.69) is 5.32 Å². The quantitative estimate of drug-likeness (QED) is 0.633. The van der Waals surface area contributed by atoms with E-state index in [0.717, 1.165) is 0 Å². The van der Waals surface area contributed by atoms with Gasteiger partial charge in [-0.2, -0.15) is 0 Å². The molecule has 27 heavy (non-hydrogen) atoms. The van der Waals surface area contributed by atoms with Gasteiger partial charge in [-0.1, -0.05) is 41.9 Å². The number of amides is 1. The van der Waals surface area contributed by atoms with Gasteiger partial charge in [0.15, 0.2) is 0 Å². The van der Waals surface area contributed by atoms with Crippen molar-refractivity contribution in [2.75, 3.05) is 12.4 Å². The van der Waals surface area contributed by atoms with Gasteiger partial charge in [-0.3, -0.25) is 4.79 Å². The van der Waals surface area contributed by atoms with Crippen molar-refractivity contribution in [1.82, 2.24) is 0 Å². The lowest BCUT2D eigenvalue weighted by Gasteiger charge is -2.18. The first-order chi connectivity index (χ1) is 13.1. The van der Waals surface area contributed by atoms with Gasteiger partial charge in [-0.15, -0.1) is 0 Å². The summed E-state index contributed by atoms with van der Waals surface area (Å²) < 4.78 is 15.5. The highest BCUT2D eigenvalue weighted by atomic mass is 35.5. The summed E-state index contributed by atoms with van der Waals surface area (Å²) in [6.45, 7) is 0. The van der Waals surface area contributed by atoms with E-state index in [4.69, 9.17) is 25.5 Å². The third-order valence-electron chi connectivity index (χ3n) is 3.71. The summed E-state index contributed by atoms with van der Waals surface area (Å²) in [7, 11) is 1.50. The molecule has 0 saturated heterocycles. The molecule has 0 aliphatic heterocycles. The molecule has 0 aliphatic rings. The number of rotatable bonds is 6. The number of halogens is 1. The zero-order chi connectivity index (χ0) is 19.2. The van der Waals surface area contributed by atoms with Crippen molar-refractivity contribution in [3.05, 3.63) is 83.3 Å². The largest absolute Gasteiger partial charge is 0.495 e. The molecular weight excluding hydrogens is 370 g/mol. The van der Waals surface area contributed by atoms with E-state index >= 15 is 0 Å². The van der Waals surface area contributed by atoms with Crippen LogP contribution in [0.5, 0.6) is 5.75 Å². The van der Waals surface area contributed by atoms with E-state index in [0.29, 0.717) is 22.0 Å². The fourth-order valence-electron chi connectivity index (χ4n) is 2.41. The van der Waals surface area contributed by atoms with Gasteiger partial charge in [0, 0.05) is 11.3 Å². The van der Waals surface area contributed by atoms with E-state index in [1.165, 1.54) is 19.4 Å². The summed E-state index contributed by atoms with van der Waals surface area (Å²) in [5.41, 5.74) is 0.968. The average molecular weight is 386 g/mol. The molecule has 0 radical (unpaired) electrons. The fraction of sp³-hybridized carbons (Fsp3) is 0.100. The third kappa shape index (κ3) is 4.48.